The van der Waals surface area contributed by atoms with Crippen molar-refractivity contribution in [1.29, 1.82) is 0 Å². The molecular formula is C16H19FN2O4. The number of hydrogen-bond acceptors (Lipinski definition) is 4. The van der Waals surface area contributed by atoms with Crippen LogP contribution in [0.5, 0.6) is 0 Å². The molecule has 3 amide bonds. The molecular weight excluding hydrogens is 303 g/mol. The molecule has 0 bridgehead atoms. The minimum absolute atomic E-state index is 0.0212. The molecule has 7 heteroatoms. The van der Waals surface area contributed by atoms with Gasteiger partial charge in [0, 0.05) is 0 Å². The molecule has 0 aromatic carbocycles. The van der Waals surface area contributed by atoms with Gasteiger partial charge >= 0.3 is 12.0 Å². The fourth-order valence-electron chi connectivity index (χ4n) is 2.86. The summed E-state index contributed by atoms with van der Waals surface area (Å²) in [5, 5.41) is 0. The molecule has 1 unspecified atom stereocenters. The highest BCUT2D eigenvalue weighted by Crippen LogP contribution is 2.59. The molecule has 6 nitrogen and oxygen atoms in total. The minimum atomic E-state index is -0.577. The van der Waals surface area contributed by atoms with Gasteiger partial charge in [0.15, 0.2) is 6.73 Å². The number of carbonyl (C=O) groups excluding carboxylic acids is 3. The van der Waals surface area contributed by atoms with Gasteiger partial charge in [-0.1, -0.05) is 19.8 Å². The minimum Gasteiger partial charge on any atom is -0.443 e. The van der Waals surface area contributed by atoms with Crippen LogP contribution in [0, 0.1) is 29.6 Å². The van der Waals surface area contributed by atoms with Crippen molar-refractivity contribution in [1.82, 2.24) is 9.80 Å². The standard InChI is InChI=1S/C16H19FN2O4/c1-5-6-18-8-12(20)19(15(18)22)9-23-14(21)13-11(7-10(2)17)16(13,3)4/h1,7,11,13H,6,8-9H2,2-4H3/b10-7+/t11?,13-/m0/s1. The lowest BCUT2D eigenvalue weighted by Crippen LogP contribution is -2.36. The Balaban J connectivity index is 1.93. The zero-order chi connectivity index (χ0) is 17.4. The number of nitrogens with zero attached hydrogens (tertiary/aromatic N) is 2. The van der Waals surface area contributed by atoms with Crippen molar-refractivity contribution in [2.45, 2.75) is 20.8 Å². The van der Waals surface area contributed by atoms with Crippen molar-refractivity contribution < 1.29 is 23.5 Å². The summed E-state index contributed by atoms with van der Waals surface area (Å²) in [6.45, 7) is 4.44. The van der Waals surface area contributed by atoms with Crippen LogP contribution >= 0.6 is 0 Å². The first-order valence-corrected chi connectivity index (χ1v) is 7.23. The van der Waals surface area contributed by atoms with Gasteiger partial charge in [-0.25, -0.2) is 14.1 Å². The Kier molecular flexibility index (Phi) is 4.46. The smallest absolute Gasteiger partial charge is 0.330 e. The van der Waals surface area contributed by atoms with Gasteiger partial charge in [-0.3, -0.25) is 9.59 Å². The zero-order valence-electron chi connectivity index (χ0n) is 13.3. The SMILES string of the molecule is C#CCN1CC(=O)N(COC(=O)[C@@H]2C(/C=C(\C)F)C2(C)C)C1=O. The number of esters is 1. The predicted molar refractivity (Wildman–Crippen MR) is 79.2 cm³/mol. The first-order valence-electron chi connectivity index (χ1n) is 7.23. The van der Waals surface area contributed by atoms with E-state index < -0.39 is 36.0 Å². The summed E-state index contributed by atoms with van der Waals surface area (Å²) in [5.41, 5.74) is -0.404. The second kappa shape index (κ2) is 6.03. The molecule has 0 radical (unpaired) electrons. The number of carbonyl (C=O) groups is 3. The summed E-state index contributed by atoms with van der Waals surface area (Å²) in [4.78, 5) is 37.8. The molecule has 1 aliphatic carbocycles. The lowest BCUT2D eigenvalue weighted by molar-refractivity contribution is -0.151. The molecule has 1 aliphatic heterocycles. The maximum Gasteiger partial charge on any atom is 0.330 e. The number of rotatable bonds is 5. The predicted octanol–water partition coefficient (Wildman–Crippen LogP) is 1.53. The molecule has 124 valence electrons. The van der Waals surface area contributed by atoms with E-state index in [-0.39, 0.29) is 24.8 Å². The third-order valence-electron chi connectivity index (χ3n) is 4.32. The van der Waals surface area contributed by atoms with Gasteiger partial charge in [0.25, 0.3) is 5.91 Å². The second-order valence-corrected chi connectivity index (χ2v) is 6.34. The Morgan fingerprint density at radius 3 is 2.74 bits per heavy atom. The highest BCUT2D eigenvalue weighted by molar-refractivity contribution is 6.02. The van der Waals surface area contributed by atoms with Crippen LogP contribution in [-0.4, -0.2) is 47.5 Å². The van der Waals surface area contributed by atoms with E-state index in [1.807, 2.05) is 13.8 Å². The summed E-state index contributed by atoms with van der Waals surface area (Å²) in [6, 6.07) is -0.577. The van der Waals surface area contributed by atoms with E-state index in [1.165, 1.54) is 17.9 Å². The lowest BCUT2D eigenvalue weighted by Gasteiger charge is -2.15. The summed E-state index contributed by atoms with van der Waals surface area (Å²) < 4.78 is 18.1. The van der Waals surface area contributed by atoms with Crippen molar-refractivity contribution in [3.63, 3.8) is 0 Å². The molecule has 0 aromatic heterocycles. The van der Waals surface area contributed by atoms with Crippen LogP contribution in [0.2, 0.25) is 0 Å². The monoisotopic (exact) mass is 322 g/mol. The van der Waals surface area contributed by atoms with Gasteiger partial charge in [-0.15, -0.1) is 6.42 Å². The molecule has 23 heavy (non-hydrogen) atoms. The average Bonchev–Trinajstić information content (AvgIpc) is 2.85. The van der Waals surface area contributed by atoms with E-state index in [4.69, 9.17) is 11.2 Å². The van der Waals surface area contributed by atoms with Gasteiger partial charge in [0.1, 0.15) is 6.54 Å². The van der Waals surface area contributed by atoms with Crippen molar-refractivity contribution in [2.24, 2.45) is 17.3 Å². The molecule has 2 fully saturated rings. The number of hydrogen-bond donors (Lipinski definition) is 0. The molecule has 0 N–H and O–H groups in total. The number of terminal acetylenes is 1. The molecule has 0 aromatic rings. The van der Waals surface area contributed by atoms with E-state index in [0.717, 1.165) is 4.90 Å². The van der Waals surface area contributed by atoms with Crippen LogP contribution < -0.4 is 0 Å². The third-order valence-corrected chi connectivity index (χ3v) is 4.32. The molecule has 1 heterocycles. The van der Waals surface area contributed by atoms with Gasteiger partial charge in [-0.05, 0) is 24.3 Å². The number of ether oxygens (including phenoxy) is 1. The molecule has 2 atom stereocenters. The normalized spacial score (nSPS) is 26.3. The van der Waals surface area contributed by atoms with Crippen LogP contribution in [0.1, 0.15) is 20.8 Å². The summed E-state index contributed by atoms with van der Waals surface area (Å²) >= 11 is 0. The fourth-order valence-corrected chi connectivity index (χ4v) is 2.86. The number of amides is 3. The summed E-state index contributed by atoms with van der Waals surface area (Å²) in [7, 11) is 0. The van der Waals surface area contributed by atoms with E-state index in [2.05, 4.69) is 5.92 Å². The number of imide groups is 1. The number of halogens is 1. The van der Waals surface area contributed by atoms with Crippen molar-refractivity contribution >= 4 is 17.9 Å². The highest BCUT2D eigenvalue weighted by Gasteiger charge is 2.61. The Morgan fingerprint density at radius 2 is 2.17 bits per heavy atom. The van der Waals surface area contributed by atoms with Crippen LogP contribution in [0.15, 0.2) is 11.9 Å². The van der Waals surface area contributed by atoms with Gasteiger partial charge < -0.3 is 9.64 Å². The fraction of sp³-hybridized carbons (Fsp3) is 0.562. The molecule has 1 saturated carbocycles. The molecule has 0 spiro atoms. The third kappa shape index (κ3) is 3.21. The van der Waals surface area contributed by atoms with Gasteiger partial charge in [0.05, 0.1) is 18.3 Å². The van der Waals surface area contributed by atoms with E-state index in [1.54, 1.807) is 0 Å². The topological polar surface area (TPSA) is 66.9 Å². The van der Waals surface area contributed by atoms with Crippen molar-refractivity contribution in [2.75, 3.05) is 19.8 Å². The summed E-state index contributed by atoms with van der Waals surface area (Å²) in [5.74, 6) is 0.185. The average molecular weight is 322 g/mol. The quantitative estimate of drug-likeness (QED) is 0.437. The van der Waals surface area contributed by atoms with Crippen molar-refractivity contribution in [3.8, 4) is 12.3 Å². The van der Waals surface area contributed by atoms with Gasteiger partial charge in [0.2, 0.25) is 0 Å². The van der Waals surface area contributed by atoms with E-state index >= 15 is 0 Å². The summed E-state index contributed by atoms with van der Waals surface area (Å²) in [6.07, 6.45) is 6.52. The van der Waals surface area contributed by atoms with Crippen LogP contribution in [0.3, 0.4) is 0 Å². The molecule has 2 aliphatic rings. The first kappa shape index (κ1) is 17.0. The van der Waals surface area contributed by atoms with E-state index in [0.29, 0.717) is 0 Å². The Hall–Kier alpha value is -2.36. The Morgan fingerprint density at radius 1 is 1.52 bits per heavy atom. The Bertz CT molecular complexity index is 616. The maximum absolute atomic E-state index is 13.0. The van der Waals surface area contributed by atoms with E-state index in [9.17, 15) is 18.8 Å². The lowest BCUT2D eigenvalue weighted by atomic mass is 10.1. The van der Waals surface area contributed by atoms with Crippen LogP contribution in [-0.2, 0) is 14.3 Å². The zero-order valence-corrected chi connectivity index (χ0v) is 13.3. The van der Waals surface area contributed by atoms with Crippen LogP contribution in [0.4, 0.5) is 9.18 Å². The van der Waals surface area contributed by atoms with Crippen LogP contribution in [0.25, 0.3) is 0 Å². The Labute approximate surface area is 134 Å². The molecule has 2 rings (SSSR count). The highest BCUT2D eigenvalue weighted by atomic mass is 19.1. The maximum atomic E-state index is 13.0. The van der Waals surface area contributed by atoms with Crippen molar-refractivity contribution in [3.05, 3.63) is 11.9 Å². The largest absolute Gasteiger partial charge is 0.443 e. The first-order chi connectivity index (χ1) is 10.7. The van der Waals surface area contributed by atoms with Gasteiger partial charge in [-0.2, -0.15) is 0 Å². The number of allylic oxidation sites excluding steroid dienone is 2. The molecule has 1 saturated heterocycles. The number of urea groups is 1. The second-order valence-electron chi connectivity index (χ2n) is 6.34.